The van der Waals surface area contributed by atoms with Crippen molar-refractivity contribution in [2.75, 3.05) is 0 Å². The van der Waals surface area contributed by atoms with Gasteiger partial charge in [0.2, 0.25) is 5.91 Å². The van der Waals surface area contributed by atoms with Gasteiger partial charge in [-0.1, -0.05) is 30.2 Å². The Hall–Kier alpha value is -2.95. The first-order valence-corrected chi connectivity index (χ1v) is 10.8. The van der Waals surface area contributed by atoms with Crippen LogP contribution in [0.15, 0.2) is 49.1 Å². The predicted octanol–water partition coefficient (Wildman–Crippen LogP) is 4.58. The molecule has 5 heteroatoms. The topological polar surface area (TPSA) is 51.0 Å². The smallest absolute Gasteiger partial charge is 0.226 e. The van der Waals surface area contributed by atoms with Gasteiger partial charge in [-0.3, -0.25) is 9.78 Å². The zero-order valence-corrected chi connectivity index (χ0v) is 18.1. The predicted molar refractivity (Wildman–Crippen MR) is 118 cm³/mol. The number of aryl methyl sites for hydroxylation is 3. The summed E-state index contributed by atoms with van der Waals surface area (Å²) in [4.78, 5) is 23.9. The van der Waals surface area contributed by atoms with Gasteiger partial charge in [0.05, 0.1) is 6.54 Å². The van der Waals surface area contributed by atoms with E-state index in [1.54, 1.807) is 6.20 Å². The number of imidazole rings is 1. The van der Waals surface area contributed by atoms with Gasteiger partial charge in [0.25, 0.3) is 0 Å². The van der Waals surface area contributed by atoms with Crippen molar-refractivity contribution in [2.45, 2.75) is 59.7 Å². The molecule has 1 aliphatic carbocycles. The van der Waals surface area contributed by atoms with Gasteiger partial charge < -0.3 is 9.47 Å². The van der Waals surface area contributed by atoms with Crippen molar-refractivity contribution >= 4 is 5.91 Å². The molecule has 0 saturated heterocycles. The quantitative estimate of drug-likeness (QED) is 0.581. The van der Waals surface area contributed by atoms with Crippen LogP contribution in [0.1, 0.15) is 52.9 Å². The fraction of sp³-hybridized carbons (Fsp3) is 0.400. The summed E-state index contributed by atoms with van der Waals surface area (Å²) >= 11 is 0. The molecule has 0 bridgehead atoms. The molecule has 1 saturated carbocycles. The standard InChI is InChI=1S/C25H30N4O/c1-18-12-19(2)23(20(3)13-18)16-28-11-10-27-24(28)17-29(25(30)22-7-4-8-22)15-21-6-5-9-26-14-21/h5-6,9-14,22H,4,7-8,15-17H2,1-3H3. The van der Waals surface area contributed by atoms with Crippen LogP contribution in [-0.2, 0) is 24.4 Å². The molecule has 0 atom stereocenters. The number of rotatable bonds is 7. The van der Waals surface area contributed by atoms with Crippen molar-refractivity contribution in [3.05, 3.63) is 82.7 Å². The van der Waals surface area contributed by atoms with Crippen molar-refractivity contribution in [3.63, 3.8) is 0 Å². The van der Waals surface area contributed by atoms with E-state index in [4.69, 9.17) is 0 Å². The van der Waals surface area contributed by atoms with Gasteiger partial charge in [-0.2, -0.15) is 0 Å². The Labute approximate surface area is 178 Å². The molecule has 2 aromatic heterocycles. The molecular formula is C25H30N4O. The summed E-state index contributed by atoms with van der Waals surface area (Å²) < 4.78 is 2.18. The van der Waals surface area contributed by atoms with E-state index >= 15 is 0 Å². The minimum atomic E-state index is 0.159. The number of benzene rings is 1. The molecule has 0 N–H and O–H groups in total. The molecule has 1 aromatic carbocycles. The number of nitrogens with zero attached hydrogens (tertiary/aromatic N) is 4. The molecule has 1 aliphatic rings. The lowest BCUT2D eigenvalue weighted by Crippen LogP contribution is -2.38. The first kappa shape index (κ1) is 20.3. The van der Waals surface area contributed by atoms with E-state index in [9.17, 15) is 4.79 Å². The van der Waals surface area contributed by atoms with Crippen molar-refractivity contribution in [3.8, 4) is 0 Å². The Balaban J connectivity index is 1.57. The van der Waals surface area contributed by atoms with Gasteiger partial charge in [-0.25, -0.2) is 4.98 Å². The molecule has 3 aromatic rings. The van der Waals surface area contributed by atoms with E-state index in [-0.39, 0.29) is 11.8 Å². The number of carbonyl (C=O) groups is 1. The minimum absolute atomic E-state index is 0.159. The average Bonchev–Trinajstić information content (AvgIpc) is 3.10. The number of pyridine rings is 1. The Morgan fingerprint density at radius 2 is 1.90 bits per heavy atom. The third-order valence-corrected chi connectivity index (χ3v) is 6.17. The highest BCUT2D eigenvalue weighted by Gasteiger charge is 2.30. The minimum Gasteiger partial charge on any atom is -0.331 e. The molecule has 0 spiro atoms. The van der Waals surface area contributed by atoms with E-state index in [0.717, 1.165) is 37.2 Å². The highest BCUT2D eigenvalue weighted by molar-refractivity contribution is 5.79. The van der Waals surface area contributed by atoms with Crippen LogP contribution in [0.3, 0.4) is 0 Å². The second kappa shape index (κ2) is 8.82. The number of carbonyl (C=O) groups excluding carboxylic acids is 1. The fourth-order valence-corrected chi connectivity index (χ4v) is 4.27. The van der Waals surface area contributed by atoms with E-state index < -0.39 is 0 Å². The van der Waals surface area contributed by atoms with Crippen LogP contribution in [0, 0.1) is 26.7 Å². The molecule has 156 valence electrons. The molecule has 4 rings (SSSR count). The number of hydrogen-bond acceptors (Lipinski definition) is 3. The fourth-order valence-electron chi connectivity index (χ4n) is 4.27. The van der Waals surface area contributed by atoms with Crippen LogP contribution in [0.5, 0.6) is 0 Å². The summed E-state index contributed by atoms with van der Waals surface area (Å²) in [6, 6.07) is 8.41. The Bertz CT molecular complexity index is 998. The van der Waals surface area contributed by atoms with Crippen LogP contribution in [-0.4, -0.2) is 25.3 Å². The normalized spacial score (nSPS) is 13.8. The van der Waals surface area contributed by atoms with E-state index in [0.29, 0.717) is 13.1 Å². The lowest BCUT2D eigenvalue weighted by Gasteiger charge is -2.31. The summed E-state index contributed by atoms with van der Waals surface area (Å²) in [6.07, 6.45) is 10.6. The zero-order chi connectivity index (χ0) is 21.1. The van der Waals surface area contributed by atoms with Gasteiger partial charge in [0, 0.05) is 43.8 Å². The first-order chi connectivity index (χ1) is 14.5. The van der Waals surface area contributed by atoms with Crippen LogP contribution in [0.4, 0.5) is 0 Å². The number of aromatic nitrogens is 3. The maximum atomic E-state index is 13.1. The van der Waals surface area contributed by atoms with E-state index in [2.05, 4.69) is 47.4 Å². The maximum Gasteiger partial charge on any atom is 0.226 e. The molecule has 1 amide bonds. The second-order valence-electron chi connectivity index (χ2n) is 8.53. The largest absolute Gasteiger partial charge is 0.331 e. The van der Waals surface area contributed by atoms with Gasteiger partial charge in [0.15, 0.2) is 0 Å². The van der Waals surface area contributed by atoms with E-state index in [1.165, 1.54) is 22.3 Å². The van der Waals surface area contributed by atoms with Crippen LogP contribution in [0.25, 0.3) is 0 Å². The summed E-state index contributed by atoms with van der Waals surface area (Å²) in [5, 5.41) is 0. The Morgan fingerprint density at radius 3 is 2.53 bits per heavy atom. The lowest BCUT2D eigenvalue weighted by molar-refractivity contribution is -0.139. The summed E-state index contributed by atoms with van der Waals surface area (Å²) in [6.45, 7) is 8.32. The summed E-state index contributed by atoms with van der Waals surface area (Å²) in [5.41, 5.74) is 6.25. The lowest BCUT2D eigenvalue weighted by atomic mass is 9.84. The average molecular weight is 403 g/mol. The van der Waals surface area contributed by atoms with E-state index in [1.807, 2.05) is 35.6 Å². The van der Waals surface area contributed by atoms with Crippen LogP contribution in [0.2, 0.25) is 0 Å². The SMILES string of the molecule is Cc1cc(C)c(Cn2ccnc2CN(Cc2cccnc2)C(=O)C2CCC2)c(C)c1. The van der Waals surface area contributed by atoms with Crippen molar-refractivity contribution < 1.29 is 4.79 Å². The Morgan fingerprint density at radius 1 is 1.13 bits per heavy atom. The molecule has 0 unspecified atom stereocenters. The molecule has 5 nitrogen and oxygen atoms in total. The highest BCUT2D eigenvalue weighted by atomic mass is 16.2. The van der Waals surface area contributed by atoms with Gasteiger partial charge in [0.1, 0.15) is 5.82 Å². The monoisotopic (exact) mass is 402 g/mol. The molecule has 1 fully saturated rings. The third kappa shape index (κ3) is 4.45. The van der Waals surface area contributed by atoms with Crippen molar-refractivity contribution in [1.29, 1.82) is 0 Å². The van der Waals surface area contributed by atoms with Gasteiger partial charge in [-0.15, -0.1) is 0 Å². The highest BCUT2D eigenvalue weighted by Crippen LogP contribution is 2.29. The third-order valence-electron chi connectivity index (χ3n) is 6.17. The second-order valence-corrected chi connectivity index (χ2v) is 8.53. The number of amides is 1. The Kier molecular flexibility index (Phi) is 5.98. The van der Waals surface area contributed by atoms with Crippen molar-refractivity contribution in [1.82, 2.24) is 19.4 Å². The summed E-state index contributed by atoms with van der Waals surface area (Å²) in [7, 11) is 0. The van der Waals surface area contributed by atoms with Crippen LogP contribution < -0.4 is 0 Å². The molecule has 0 radical (unpaired) electrons. The number of hydrogen-bond donors (Lipinski definition) is 0. The molecule has 2 heterocycles. The maximum absolute atomic E-state index is 13.1. The zero-order valence-electron chi connectivity index (χ0n) is 18.1. The van der Waals surface area contributed by atoms with Gasteiger partial charge >= 0.3 is 0 Å². The molecule has 30 heavy (non-hydrogen) atoms. The molecule has 0 aliphatic heterocycles. The van der Waals surface area contributed by atoms with Gasteiger partial charge in [-0.05, 0) is 61.9 Å². The van der Waals surface area contributed by atoms with Crippen molar-refractivity contribution in [2.24, 2.45) is 5.92 Å². The first-order valence-electron chi connectivity index (χ1n) is 10.8. The summed E-state index contributed by atoms with van der Waals surface area (Å²) in [5.74, 6) is 1.32. The molecular weight excluding hydrogens is 372 g/mol. The van der Waals surface area contributed by atoms with Crippen LogP contribution >= 0.6 is 0 Å².